The summed E-state index contributed by atoms with van der Waals surface area (Å²) in [5, 5.41) is 4.21. The SMILES string of the molecule is CCCNC(COCC)c1ccc(Br)c(Cl)c1. The van der Waals surface area contributed by atoms with Gasteiger partial charge in [0.05, 0.1) is 17.7 Å². The molecule has 0 radical (unpaired) electrons. The molecule has 96 valence electrons. The van der Waals surface area contributed by atoms with Crippen LogP contribution in [-0.4, -0.2) is 19.8 Å². The zero-order valence-electron chi connectivity index (χ0n) is 10.3. The van der Waals surface area contributed by atoms with Crippen molar-refractivity contribution in [2.24, 2.45) is 0 Å². The lowest BCUT2D eigenvalue weighted by atomic mass is 10.1. The van der Waals surface area contributed by atoms with Crippen LogP contribution in [0.5, 0.6) is 0 Å². The second-order valence-electron chi connectivity index (χ2n) is 3.84. The molecule has 1 aromatic carbocycles. The summed E-state index contributed by atoms with van der Waals surface area (Å²) in [5.41, 5.74) is 1.17. The minimum Gasteiger partial charge on any atom is -0.380 e. The third-order valence-electron chi connectivity index (χ3n) is 2.48. The van der Waals surface area contributed by atoms with E-state index in [9.17, 15) is 0 Å². The molecule has 0 fully saturated rings. The highest BCUT2D eigenvalue weighted by Gasteiger charge is 2.11. The van der Waals surface area contributed by atoms with E-state index in [0.29, 0.717) is 6.61 Å². The van der Waals surface area contributed by atoms with Crippen molar-refractivity contribution >= 4 is 27.5 Å². The van der Waals surface area contributed by atoms with Crippen molar-refractivity contribution in [3.05, 3.63) is 33.3 Å². The Labute approximate surface area is 117 Å². The van der Waals surface area contributed by atoms with E-state index in [2.05, 4.69) is 34.2 Å². The molecular formula is C13H19BrClNO. The fourth-order valence-corrected chi connectivity index (χ4v) is 1.99. The van der Waals surface area contributed by atoms with Crippen LogP contribution in [0, 0.1) is 0 Å². The van der Waals surface area contributed by atoms with E-state index < -0.39 is 0 Å². The fourth-order valence-electron chi connectivity index (χ4n) is 1.56. The van der Waals surface area contributed by atoms with Gasteiger partial charge >= 0.3 is 0 Å². The first kappa shape index (κ1) is 15.0. The maximum atomic E-state index is 6.11. The molecule has 0 saturated heterocycles. The zero-order chi connectivity index (χ0) is 12.7. The van der Waals surface area contributed by atoms with Crippen molar-refractivity contribution in [1.29, 1.82) is 0 Å². The van der Waals surface area contributed by atoms with Crippen molar-refractivity contribution in [2.75, 3.05) is 19.8 Å². The van der Waals surface area contributed by atoms with E-state index in [1.807, 2.05) is 19.1 Å². The van der Waals surface area contributed by atoms with Crippen LogP contribution in [-0.2, 0) is 4.74 Å². The van der Waals surface area contributed by atoms with Gasteiger partial charge in [-0.15, -0.1) is 0 Å². The Morgan fingerprint density at radius 1 is 1.41 bits per heavy atom. The van der Waals surface area contributed by atoms with E-state index in [-0.39, 0.29) is 6.04 Å². The van der Waals surface area contributed by atoms with Gasteiger partial charge < -0.3 is 10.1 Å². The minimum atomic E-state index is 0.209. The molecule has 0 aliphatic heterocycles. The summed E-state index contributed by atoms with van der Waals surface area (Å²) in [7, 11) is 0. The van der Waals surface area contributed by atoms with Crippen LogP contribution < -0.4 is 5.32 Å². The van der Waals surface area contributed by atoms with Gasteiger partial charge in [0, 0.05) is 11.1 Å². The van der Waals surface area contributed by atoms with Crippen LogP contribution in [0.15, 0.2) is 22.7 Å². The molecule has 1 aromatic rings. The second kappa shape index (κ2) is 8.09. The zero-order valence-corrected chi connectivity index (χ0v) is 12.6. The van der Waals surface area contributed by atoms with Crippen LogP contribution in [0.4, 0.5) is 0 Å². The van der Waals surface area contributed by atoms with Crippen LogP contribution in [0.2, 0.25) is 5.02 Å². The highest BCUT2D eigenvalue weighted by atomic mass is 79.9. The van der Waals surface area contributed by atoms with E-state index in [4.69, 9.17) is 16.3 Å². The van der Waals surface area contributed by atoms with Gasteiger partial charge in [-0.05, 0) is 53.5 Å². The van der Waals surface area contributed by atoms with Crippen molar-refractivity contribution in [3.63, 3.8) is 0 Å². The molecule has 1 atom stereocenters. The molecule has 2 nitrogen and oxygen atoms in total. The predicted octanol–water partition coefficient (Wildman–Crippen LogP) is 4.18. The fraction of sp³-hybridized carbons (Fsp3) is 0.538. The Balaban J connectivity index is 2.75. The van der Waals surface area contributed by atoms with Crippen molar-refractivity contribution in [2.45, 2.75) is 26.3 Å². The first-order valence-electron chi connectivity index (χ1n) is 5.95. The third kappa shape index (κ3) is 4.96. The standard InChI is InChI=1S/C13H19BrClNO/c1-3-7-16-13(9-17-4-2)10-5-6-11(14)12(15)8-10/h5-6,8,13,16H,3-4,7,9H2,1-2H3. The molecule has 0 bridgehead atoms. The number of benzene rings is 1. The third-order valence-corrected chi connectivity index (χ3v) is 3.71. The lowest BCUT2D eigenvalue weighted by Crippen LogP contribution is -2.26. The van der Waals surface area contributed by atoms with Gasteiger partial charge in [0.25, 0.3) is 0 Å². The van der Waals surface area contributed by atoms with Crippen molar-refractivity contribution in [1.82, 2.24) is 5.32 Å². The Bertz CT molecular complexity index is 338. The molecule has 0 aromatic heterocycles. The number of hydrogen-bond donors (Lipinski definition) is 1. The van der Waals surface area contributed by atoms with Gasteiger partial charge in [-0.2, -0.15) is 0 Å². The maximum Gasteiger partial charge on any atom is 0.0661 e. The number of halogens is 2. The summed E-state index contributed by atoms with van der Waals surface area (Å²) < 4.78 is 6.42. The van der Waals surface area contributed by atoms with E-state index in [0.717, 1.165) is 29.1 Å². The molecule has 0 spiro atoms. The summed E-state index contributed by atoms with van der Waals surface area (Å²) in [6.07, 6.45) is 1.10. The van der Waals surface area contributed by atoms with Gasteiger partial charge in [-0.1, -0.05) is 24.6 Å². The highest BCUT2D eigenvalue weighted by molar-refractivity contribution is 9.10. The summed E-state index contributed by atoms with van der Waals surface area (Å²) in [5.74, 6) is 0. The molecule has 0 aliphatic carbocycles. The topological polar surface area (TPSA) is 21.3 Å². The first-order valence-corrected chi connectivity index (χ1v) is 7.12. The molecule has 0 saturated carbocycles. The smallest absolute Gasteiger partial charge is 0.0661 e. The summed E-state index contributed by atoms with van der Waals surface area (Å²) in [4.78, 5) is 0. The summed E-state index contributed by atoms with van der Waals surface area (Å²) in [6, 6.07) is 6.24. The molecule has 0 heterocycles. The van der Waals surface area contributed by atoms with Gasteiger partial charge in [0.1, 0.15) is 0 Å². The molecular weight excluding hydrogens is 302 g/mol. The number of hydrogen-bond acceptors (Lipinski definition) is 2. The molecule has 4 heteroatoms. The number of rotatable bonds is 7. The Kier molecular flexibility index (Phi) is 7.12. The molecule has 1 unspecified atom stereocenters. The lowest BCUT2D eigenvalue weighted by molar-refractivity contribution is 0.123. The quantitative estimate of drug-likeness (QED) is 0.814. The van der Waals surface area contributed by atoms with Gasteiger partial charge in [0.2, 0.25) is 0 Å². The lowest BCUT2D eigenvalue weighted by Gasteiger charge is -2.19. The maximum absolute atomic E-state index is 6.11. The largest absolute Gasteiger partial charge is 0.380 e. The number of ether oxygens (including phenoxy) is 1. The van der Waals surface area contributed by atoms with Crippen LogP contribution in [0.25, 0.3) is 0 Å². The molecule has 17 heavy (non-hydrogen) atoms. The Hall–Kier alpha value is -0.0900. The van der Waals surface area contributed by atoms with E-state index >= 15 is 0 Å². The van der Waals surface area contributed by atoms with Gasteiger partial charge in [0.15, 0.2) is 0 Å². The van der Waals surface area contributed by atoms with Crippen LogP contribution in [0.3, 0.4) is 0 Å². The first-order chi connectivity index (χ1) is 8.19. The van der Waals surface area contributed by atoms with E-state index in [1.165, 1.54) is 5.56 Å². The highest BCUT2D eigenvalue weighted by Crippen LogP contribution is 2.26. The Morgan fingerprint density at radius 2 is 2.18 bits per heavy atom. The van der Waals surface area contributed by atoms with Gasteiger partial charge in [-0.25, -0.2) is 0 Å². The second-order valence-corrected chi connectivity index (χ2v) is 5.10. The average Bonchev–Trinajstić information content (AvgIpc) is 2.33. The number of nitrogens with one attached hydrogen (secondary N) is 1. The summed E-state index contributed by atoms with van der Waals surface area (Å²) in [6.45, 7) is 6.54. The summed E-state index contributed by atoms with van der Waals surface area (Å²) >= 11 is 9.51. The average molecular weight is 321 g/mol. The van der Waals surface area contributed by atoms with Crippen molar-refractivity contribution in [3.8, 4) is 0 Å². The minimum absolute atomic E-state index is 0.209. The normalized spacial score (nSPS) is 12.7. The molecule has 1 N–H and O–H groups in total. The van der Waals surface area contributed by atoms with Crippen molar-refractivity contribution < 1.29 is 4.74 Å². The predicted molar refractivity (Wildman–Crippen MR) is 76.7 cm³/mol. The Morgan fingerprint density at radius 3 is 2.76 bits per heavy atom. The molecule has 1 rings (SSSR count). The van der Waals surface area contributed by atoms with Crippen LogP contribution in [0.1, 0.15) is 31.9 Å². The van der Waals surface area contributed by atoms with Gasteiger partial charge in [-0.3, -0.25) is 0 Å². The van der Waals surface area contributed by atoms with Crippen LogP contribution >= 0.6 is 27.5 Å². The molecule has 0 aliphatic rings. The van der Waals surface area contributed by atoms with E-state index in [1.54, 1.807) is 0 Å². The monoisotopic (exact) mass is 319 g/mol. The molecule has 0 amide bonds.